The van der Waals surface area contributed by atoms with Crippen LogP contribution in [-0.2, 0) is 16.6 Å². The first kappa shape index (κ1) is 21.3. The number of fused-ring (bicyclic) bond motifs is 2. The molecule has 0 aliphatic carbocycles. The van der Waals surface area contributed by atoms with Gasteiger partial charge < -0.3 is 14.8 Å². The number of hydrogen-bond acceptors (Lipinski definition) is 8. The van der Waals surface area contributed by atoms with Crippen molar-refractivity contribution >= 4 is 37.7 Å². The first-order chi connectivity index (χ1) is 15.9. The Hall–Kier alpha value is -3.57. The van der Waals surface area contributed by atoms with Crippen molar-refractivity contribution in [2.45, 2.75) is 18.4 Å². The number of hydrogen-bond donors (Lipinski definition) is 2. The van der Waals surface area contributed by atoms with Gasteiger partial charge in [-0.15, -0.1) is 11.3 Å². The second-order valence-electron chi connectivity index (χ2n) is 7.42. The molecule has 0 unspecified atom stereocenters. The van der Waals surface area contributed by atoms with Gasteiger partial charge in [0.05, 0.1) is 17.1 Å². The van der Waals surface area contributed by atoms with Crippen molar-refractivity contribution in [3.63, 3.8) is 0 Å². The summed E-state index contributed by atoms with van der Waals surface area (Å²) in [7, 11) is -3.79. The highest BCUT2D eigenvalue weighted by Crippen LogP contribution is 2.32. The molecule has 0 atom stereocenters. The van der Waals surface area contributed by atoms with E-state index in [0.29, 0.717) is 47.6 Å². The highest BCUT2D eigenvalue weighted by molar-refractivity contribution is 7.92. The molecule has 0 bridgehead atoms. The minimum Gasteiger partial charge on any atom is -0.486 e. The smallest absolute Gasteiger partial charge is 0.262 e. The quantitative estimate of drug-likeness (QED) is 0.432. The Balaban J connectivity index is 1.26. The lowest BCUT2D eigenvalue weighted by atomic mass is 10.3. The van der Waals surface area contributed by atoms with E-state index in [1.54, 1.807) is 34.7 Å². The van der Waals surface area contributed by atoms with Gasteiger partial charge in [0.1, 0.15) is 13.2 Å². The first-order valence-corrected chi connectivity index (χ1v) is 12.5. The number of nitrogens with zero attached hydrogens (tertiary/aromatic N) is 2. The van der Waals surface area contributed by atoms with Gasteiger partial charge in [0.15, 0.2) is 16.5 Å². The zero-order chi connectivity index (χ0) is 23.0. The zero-order valence-corrected chi connectivity index (χ0v) is 19.2. The van der Waals surface area contributed by atoms with Gasteiger partial charge in [-0.2, -0.15) is 0 Å². The number of aryl methyl sites for hydroxylation is 1. The molecule has 9 nitrogen and oxygen atoms in total. The number of nitrogens with one attached hydrogen (secondary N) is 2. The molecule has 1 aliphatic rings. The summed E-state index contributed by atoms with van der Waals surface area (Å²) in [4.78, 5) is 17.5. The highest BCUT2D eigenvalue weighted by Gasteiger charge is 2.19. The molecule has 2 aromatic carbocycles. The molecule has 2 aromatic heterocycles. The maximum absolute atomic E-state index is 12.8. The molecule has 0 spiro atoms. The topological polar surface area (TPSA) is 111 Å². The Morgan fingerprint density at radius 1 is 1.03 bits per heavy atom. The monoisotopic (exact) mass is 484 g/mol. The standard InChI is InChI=1S/C22H20N4O5S2/c1-14-13-32-22-24-17(10-21(27)26(14)22)12-23-15-2-4-16(5-3-15)25-33(28,29)18-6-7-19-20(11-18)31-9-8-30-19/h2-7,10-11,13,23,25H,8-9,12H2,1H3. The Morgan fingerprint density at radius 3 is 2.55 bits per heavy atom. The van der Waals surface area contributed by atoms with Crippen LogP contribution in [0.1, 0.15) is 11.4 Å². The Kier molecular flexibility index (Phi) is 5.43. The summed E-state index contributed by atoms with van der Waals surface area (Å²) < 4.78 is 40.6. The lowest BCUT2D eigenvalue weighted by molar-refractivity contribution is 0.171. The molecule has 33 heavy (non-hydrogen) atoms. The number of sulfonamides is 1. The molecule has 4 aromatic rings. The van der Waals surface area contributed by atoms with E-state index in [-0.39, 0.29) is 10.5 Å². The van der Waals surface area contributed by atoms with Crippen molar-refractivity contribution in [1.82, 2.24) is 9.38 Å². The molecular weight excluding hydrogens is 464 g/mol. The van der Waals surface area contributed by atoms with Gasteiger partial charge in [0.2, 0.25) is 0 Å². The summed E-state index contributed by atoms with van der Waals surface area (Å²) in [5.41, 5.74) is 2.56. The molecule has 0 saturated carbocycles. The fraction of sp³-hybridized carbons (Fsp3) is 0.182. The summed E-state index contributed by atoms with van der Waals surface area (Å²) >= 11 is 1.42. The number of ether oxygens (including phenoxy) is 2. The Bertz CT molecular complexity index is 1490. The predicted molar refractivity (Wildman–Crippen MR) is 126 cm³/mol. The normalized spacial score (nSPS) is 13.1. The molecule has 11 heteroatoms. The van der Waals surface area contributed by atoms with E-state index in [1.807, 2.05) is 12.3 Å². The molecule has 5 rings (SSSR count). The van der Waals surface area contributed by atoms with Crippen LogP contribution in [0.3, 0.4) is 0 Å². The van der Waals surface area contributed by atoms with E-state index < -0.39 is 10.0 Å². The van der Waals surface area contributed by atoms with Crippen LogP contribution in [0.15, 0.2) is 63.6 Å². The molecule has 2 N–H and O–H groups in total. The van der Waals surface area contributed by atoms with Crippen LogP contribution in [0.5, 0.6) is 11.5 Å². The highest BCUT2D eigenvalue weighted by atomic mass is 32.2. The average molecular weight is 485 g/mol. The summed E-state index contributed by atoms with van der Waals surface area (Å²) in [6, 6.07) is 12.9. The molecular formula is C22H20N4O5S2. The van der Waals surface area contributed by atoms with Crippen LogP contribution in [-0.4, -0.2) is 31.0 Å². The van der Waals surface area contributed by atoms with Gasteiger partial charge in [0, 0.05) is 34.6 Å². The van der Waals surface area contributed by atoms with Crippen molar-refractivity contribution in [2.24, 2.45) is 0 Å². The van der Waals surface area contributed by atoms with Gasteiger partial charge in [-0.25, -0.2) is 13.4 Å². The third-order valence-electron chi connectivity index (χ3n) is 5.06. The second-order valence-corrected chi connectivity index (χ2v) is 9.94. The summed E-state index contributed by atoms with van der Waals surface area (Å²) in [5, 5.41) is 5.10. The maximum Gasteiger partial charge on any atom is 0.262 e. The van der Waals surface area contributed by atoms with E-state index in [4.69, 9.17) is 9.47 Å². The minimum absolute atomic E-state index is 0.0884. The minimum atomic E-state index is -3.79. The molecule has 0 radical (unpaired) electrons. The first-order valence-electron chi connectivity index (χ1n) is 10.1. The molecule has 0 amide bonds. The second kappa shape index (κ2) is 8.41. The number of thiazole rings is 1. The number of aromatic nitrogens is 2. The Morgan fingerprint density at radius 2 is 1.76 bits per heavy atom. The van der Waals surface area contributed by atoms with E-state index in [9.17, 15) is 13.2 Å². The number of rotatable bonds is 6. The summed E-state index contributed by atoms with van der Waals surface area (Å²) in [5.74, 6) is 0.939. The summed E-state index contributed by atoms with van der Waals surface area (Å²) in [6.07, 6.45) is 0. The van der Waals surface area contributed by atoms with Crippen LogP contribution in [0.4, 0.5) is 11.4 Å². The maximum atomic E-state index is 12.8. The van der Waals surface area contributed by atoms with Crippen LogP contribution < -0.4 is 25.1 Å². The van der Waals surface area contributed by atoms with Crippen LogP contribution in [0, 0.1) is 6.92 Å². The van der Waals surface area contributed by atoms with Gasteiger partial charge in [0.25, 0.3) is 15.6 Å². The zero-order valence-electron chi connectivity index (χ0n) is 17.6. The lowest BCUT2D eigenvalue weighted by Crippen LogP contribution is -2.17. The fourth-order valence-corrected chi connectivity index (χ4v) is 5.41. The Labute approximate surface area is 193 Å². The number of anilines is 2. The lowest BCUT2D eigenvalue weighted by Gasteiger charge is -2.19. The molecule has 1 aliphatic heterocycles. The van der Waals surface area contributed by atoms with Crippen molar-refractivity contribution in [3.05, 3.63) is 75.7 Å². The van der Waals surface area contributed by atoms with E-state index in [1.165, 1.54) is 29.5 Å². The summed E-state index contributed by atoms with van der Waals surface area (Å²) in [6.45, 7) is 3.05. The third kappa shape index (κ3) is 4.37. The van der Waals surface area contributed by atoms with Crippen molar-refractivity contribution < 1.29 is 17.9 Å². The average Bonchev–Trinajstić information content (AvgIpc) is 3.19. The van der Waals surface area contributed by atoms with Gasteiger partial charge >= 0.3 is 0 Å². The van der Waals surface area contributed by atoms with Crippen LogP contribution >= 0.6 is 11.3 Å². The van der Waals surface area contributed by atoms with E-state index in [0.717, 1.165) is 11.4 Å². The predicted octanol–water partition coefficient (Wildman–Crippen LogP) is 3.25. The largest absolute Gasteiger partial charge is 0.486 e. The SMILES string of the molecule is Cc1csc2nc(CNc3ccc(NS(=O)(=O)c4ccc5c(c4)OCCO5)cc3)cc(=O)n12. The molecule has 170 valence electrons. The molecule has 3 heterocycles. The fourth-order valence-electron chi connectivity index (χ4n) is 3.45. The molecule has 0 saturated heterocycles. The van der Waals surface area contributed by atoms with Crippen molar-refractivity contribution in [3.8, 4) is 11.5 Å². The molecule has 0 fully saturated rings. The van der Waals surface area contributed by atoms with Crippen LogP contribution in [0.2, 0.25) is 0 Å². The van der Waals surface area contributed by atoms with E-state index >= 15 is 0 Å². The van der Waals surface area contributed by atoms with Gasteiger partial charge in [-0.1, -0.05) is 0 Å². The van der Waals surface area contributed by atoms with Crippen LogP contribution in [0.25, 0.3) is 4.96 Å². The third-order valence-corrected chi connectivity index (χ3v) is 7.39. The van der Waals surface area contributed by atoms with E-state index in [2.05, 4.69) is 15.0 Å². The van der Waals surface area contributed by atoms with Crippen molar-refractivity contribution in [1.29, 1.82) is 0 Å². The van der Waals surface area contributed by atoms with Gasteiger partial charge in [-0.3, -0.25) is 13.9 Å². The van der Waals surface area contributed by atoms with Gasteiger partial charge in [-0.05, 0) is 43.3 Å². The number of benzene rings is 2. The van der Waals surface area contributed by atoms with Crippen molar-refractivity contribution in [2.75, 3.05) is 23.3 Å².